The summed E-state index contributed by atoms with van der Waals surface area (Å²) in [5.74, 6) is -0.898. The van der Waals surface area contributed by atoms with E-state index in [4.69, 9.17) is 4.74 Å². The van der Waals surface area contributed by atoms with Crippen molar-refractivity contribution in [2.24, 2.45) is 5.92 Å². The molecule has 10 heteroatoms. The Morgan fingerprint density at radius 2 is 1.88 bits per heavy atom. The van der Waals surface area contributed by atoms with Gasteiger partial charge in [0.25, 0.3) is 5.91 Å². The number of hydrogen-bond acceptors (Lipinski definition) is 6. The van der Waals surface area contributed by atoms with Gasteiger partial charge >= 0.3 is 6.09 Å². The van der Waals surface area contributed by atoms with E-state index in [9.17, 15) is 23.6 Å². The normalized spacial score (nSPS) is 20.6. The predicted molar refractivity (Wildman–Crippen MR) is 146 cm³/mol. The van der Waals surface area contributed by atoms with E-state index in [1.165, 1.54) is 12.1 Å². The molecule has 2 aliphatic carbocycles. The first kappa shape index (κ1) is 27.8. The van der Waals surface area contributed by atoms with Crippen molar-refractivity contribution in [1.29, 1.82) is 0 Å². The van der Waals surface area contributed by atoms with Crippen molar-refractivity contribution in [1.82, 2.24) is 15.5 Å². The monoisotopic (exact) mass is 550 g/mol. The molecule has 2 fully saturated rings. The minimum Gasteiger partial charge on any atom is -0.427 e. The van der Waals surface area contributed by atoms with Gasteiger partial charge in [-0.3, -0.25) is 19.7 Å². The number of anilines is 1. The second-order valence-electron chi connectivity index (χ2n) is 11.5. The first-order chi connectivity index (χ1) is 18.9. The van der Waals surface area contributed by atoms with Gasteiger partial charge in [0.15, 0.2) is 0 Å². The van der Waals surface area contributed by atoms with Crippen LogP contribution < -0.4 is 16.0 Å². The summed E-state index contributed by atoms with van der Waals surface area (Å²) in [5, 5.41) is 8.19. The van der Waals surface area contributed by atoms with Crippen LogP contribution in [0.2, 0.25) is 0 Å². The number of amides is 4. The smallest absolute Gasteiger partial charge is 0.415 e. The van der Waals surface area contributed by atoms with Crippen LogP contribution in [0.15, 0.2) is 36.4 Å². The Labute approximate surface area is 232 Å². The number of nitrogens with zero attached hydrogens (tertiary/aromatic N) is 1. The summed E-state index contributed by atoms with van der Waals surface area (Å²) in [5.41, 5.74) is 0.830. The van der Waals surface area contributed by atoms with Gasteiger partial charge in [0.05, 0.1) is 12.0 Å². The van der Waals surface area contributed by atoms with Crippen LogP contribution in [0.4, 0.5) is 14.9 Å². The molecule has 40 heavy (non-hydrogen) atoms. The van der Waals surface area contributed by atoms with Gasteiger partial charge in [0, 0.05) is 30.3 Å². The van der Waals surface area contributed by atoms with Gasteiger partial charge in [0.2, 0.25) is 17.4 Å². The molecule has 1 heterocycles. The summed E-state index contributed by atoms with van der Waals surface area (Å²) in [4.78, 5) is 53.8. The highest BCUT2D eigenvalue weighted by Crippen LogP contribution is 2.46. The molecule has 212 valence electrons. The third kappa shape index (κ3) is 5.08. The Hall–Kier alpha value is -3.79. The van der Waals surface area contributed by atoms with Crippen molar-refractivity contribution >= 4 is 29.5 Å². The van der Waals surface area contributed by atoms with E-state index in [2.05, 4.69) is 16.0 Å². The SMILES string of the molecule is CNC(C)(C)C(=O)Nc1ccc2c(c1CC(=O)N(Cc1ccc(F)cc1)[C@@H](C)C1CC1)CCC21OC(=O)NC1=O. The number of nitrogens with one attached hydrogen (secondary N) is 3. The van der Waals surface area contributed by atoms with Crippen LogP contribution in [0.3, 0.4) is 0 Å². The summed E-state index contributed by atoms with van der Waals surface area (Å²) < 4.78 is 19.0. The van der Waals surface area contributed by atoms with Gasteiger partial charge in [0.1, 0.15) is 5.82 Å². The van der Waals surface area contributed by atoms with Gasteiger partial charge in [-0.1, -0.05) is 18.2 Å². The van der Waals surface area contributed by atoms with Crippen LogP contribution in [-0.4, -0.2) is 47.3 Å². The van der Waals surface area contributed by atoms with Crippen LogP contribution in [-0.2, 0) is 44.1 Å². The summed E-state index contributed by atoms with van der Waals surface area (Å²) >= 11 is 0. The number of imide groups is 1. The molecule has 0 radical (unpaired) electrons. The second kappa shape index (κ2) is 10.3. The number of carbonyl (C=O) groups excluding carboxylic acids is 4. The molecular weight excluding hydrogens is 515 g/mol. The van der Waals surface area contributed by atoms with E-state index in [-0.39, 0.29) is 36.5 Å². The van der Waals surface area contributed by atoms with E-state index in [0.717, 1.165) is 24.0 Å². The maximum Gasteiger partial charge on any atom is 0.415 e. The Balaban J connectivity index is 1.52. The van der Waals surface area contributed by atoms with Crippen LogP contribution in [0.5, 0.6) is 0 Å². The number of fused-ring (bicyclic) bond motifs is 2. The Morgan fingerprint density at radius 3 is 2.48 bits per heavy atom. The fourth-order valence-electron chi connectivity index (χ4n) is 5.60. The molecule has 9 nitrogen and oxygen atoms in total. The molecule has 0 bridgehead atoms. The third-order valence-electron chi connectivity index (χ3n) is 8.59. The quantitative estimate of drug-likeness (QED) is 0.440. The van der Waals surface area contributed by atoms with Crippen LogP contribution in [0, 0.1) is 11.7 Å². The van der Waals surface area contributed by atoms with Crippen molar-refractivity contribution in [2.45, 2.75) is 76.6 Å². The zero-order chi connectivity index (χ0) is 28.8. The molecule has 3 N–H and O–H groups in total. The molecule has 2 aromatic rings. The van der Waals surface area contributed by atoms with Crippen LogP contribution >= 0.6 is 0 Å². The molecule has 1 spiro atoms. The lowest BCUT2D eigenvalue weighted by Crippen LogP contribution is -2.48. The molecule has 5 rings (SSSR count). The first-order valence-corrected chi connectivity index (χ1v) is 13.7. The van der Waals surface area contributed by atoms with E-state index in [1.807, 2.05) is 11.8 Å². The molecule has 2 atom stereocenters. The minimum absolute atomic E-state index is 0.0245. The average molecular weight is 551 g/mol. The van der Waals surface area contributed by atoms with E-state index < -0.39 is 23.1 Å². The van der Waals surface area contributed by atoms with E-state index >= 15 is 0 Å². The highest BCUT2D eigenvalue weighted by atomic mass is 19.1. The van der Waals surface area contributed by atoms with Crippen molar-refractivity contribution in [3.8, 4) is 0 Å². The molecule has 1 aliphatic heterocycles. The van der Waals surface area contributed by atoms with Crippen LogP contribution in [0.1, 0.15) is 62.3 Å². The zero-order valence-electron chi connectivity index (χ0n) is 23.2. The van der Waals surface area contributed by atoms with Crippen molar-refractivity contribution in [3.63, 3.8) is 0 Å². The Bertz CT molecular complexity index is 1370. The zero-order valence-corrected chi connectivity index (χ0v) is 23.2. The Kier molecular flexibility index (Phi) is 7.16. The van der Waals surface area contributed by atoms with E-state index in [1.54, 1.807) is 45.2 Å². The number of ether oxygens (including phenoxy) is 1. The van der Waals surface area contributed by atoms with Crippen LogP contribution in [0.25, 0.3) is 0 Å². The number of hydrogen-bond donors (Lipinski definition) is 3. The van der Waals surface area contributed by atoms with Gasteiger partial charge in [-0.2, -0.15) is 0 Å². The topological polar surface area (TPSA) is 117 Å². The molecule has 0 aromatic heterocycles. The average Bonchev–Trinajstić information content (AvgIpc) is 3.64. The number of rotatable bonds is 9. The molecule has 3 aliphatic rings. The molecule has 2 aromatic carbocycles. The number of likely N-dealkylation sites (N-methyl/N-ethyl adjacent to an activating group) is 1. The molecule has 1 unspecified atom stereocenters. The minimum atomic E-state index is -1.44. The number of benzene rings is 2. The van der Waals surface area contributed by atoms with Crippen molar-refractivity contribution in [2.75, 3.05) is 12.4 Å². The maximum absolute atomic E-state index is 14.0. The lowest BCUT2D eigenvalue weighted by molar-refractivity contribution is -0.133. The van der Waals surface area contributed by atoms with Crippen molar-refractivity contribution in [3.05, 3.63) is 64.5 Å². The van der Waals surface area contributed by atoms with Gasteiger partial charge in [-0.25, -0.2) is 9.18 Å². The lowest BCUT2D eigenvalue weighted by Gasteiger charge is -2.31. The standard InChI is InChI=1S/C30H35FN4O5/c1-17(19-7-8-19)35(16-18-5-9-20(31)10-6-18)25(36)15-22-21-13-14-30(27(38)34-28(39)40-30)23(21)11-12-24(22)33-26(37)29(2,3)32-4/h5-6,9-12,17,19,32H,7-8,13-16H2,1-4H3,(H,33,37)(H,34,38,39)/t17-,30?/m0/s1. The second-order valence-corrected chi connectivity index (χ2v) is 11.5. The third-order valence-corrected chi connectivity index (χ3v) is 8.59. The number of alkyl carbamates (subject to hydrolysis) is 1. The highest BCUT2D eigenvalue weighted by Gasteiger charge is 2.55. The number of halogens is 1. The lowest BCUT2D eigenvalue weighted by atomic mass is 9.91. The first-order valence-electron chi connectivity index (χ1n) is 13.7. The van der Waals surface area contributed by atoms with E-state index in [0.29, 0.717) is 35.7 Å². The summed E-state index contributed by atoms with van der Waals surface area (Å²) in [7, 11) is 1.69. The summed E-state index contributed by atoms with van der Waals surface area (Å²) in [6.07, 6.45) is 1.90. The molecule has 1 saturated carbocycles. The van der Waals surface area contributed by atoms with Gasteiger partial charge in [-0.05, 0) is 87.9 Å². The fraction of sp³-hybridized carbons (Fsp3) is 0.467. The molecular formula is C30H35FN4O5. The maximum atomic E-state index is 14.0. The largest absolute Gasteiger partial charge is 0.427 e. The Morgan fingerprint density at radius 1 is 1.18 bits per heavy atom. The summed E-state index contributed by atoms with van der Waals surface area (Å²) in [6.45, 7) is 5.85. The highest BCUT2D eigenvalue weighted by molar-refractivity contribution is 6.04. The van der Waals surface area contributed by atoms with Crippen molar-refractivity contribution < 1.29 is 28.3 Å². The van der Waals surface area contributed by atoms with Gasteiger partial charge < -0.3 is 20.3 Å². The van der Waals surface area contributed by atoms with Gasteiger partial charge in [-0.15, -0.1) is 0 Å². The number of carbonyl (C=O) groups is 4. The molecule has 1 saturated heterocycles. The summed E-state index contributed by atoms with van der Waals surface area (Å²) in [6, 6.07) is 9.47. The molecule has 4 amide bonds. The fourth-order valence-corrected chi connectivity index (χ4v) is 5.60. The predicted octanol–water partition coefficient (Wildman–Crippen LogP) is 3.54.